The Hall–Kier alpha value is -0.810. The Kier molecular flexibility index (Phi) is 7.92. The highest BCUT2D eigenvalue weighted by Gasteiger charge is 2.24. The van der Waals surface area contributed by atoms with Crippen LogP contribution in [0, 0.1) is 11.8 Å². The van der Waals surface area contributed by atoms with Gasteiger partial charge >= 0.3 is 0 Å². The summed E-state index contributed by atoms with van der Waals surface area (Å²) < 4.78 is 0. The molecule has 2 rings (SSSR count). The molecule has 116 valence electrons. The van der Waals surface area contributed by atoms with E-state index in [4.69, 9.17) is 0 Å². The number of nitrogens with one attached hydrogen (secondary N) is 3. The zero-order valence-corrected chi connectivity index (χ0v) is 12.8. The second-order valence-corrected chi connectivity index (χ2v) is 5.70. The molecule has 1 saturated heterocycles. The van der Waals surface area contributed by atoms with Crippen LogP contribution in [0.2, 0.25) is 0 Å². The molecule has 1 heterocycles. The van der Waals surface area contributed by atoms with Gasteiger partial charge in [0.1, 0.15) is 0 Å². The van der Waals surface area contributed by atoms with Gasteiger partial charge in [0.2, 0.25) is 11.8 Å². The Morgan fingerprint density at radius 1 is 1.00 bits per heavy atom. The Bertz CT molecular complexity index is 316. The van der Waals surface area contributed by atoms with Crippen LogP contribution in [0.5, 0.6) is 0 Å². The maximum absolute atomic E-state index is 11.7. The second-order valence-electron chi connectivity index (χ2n) is 5.70. The minimum absolute atomic E-state index is 0. The SMILES string of the molecule is Cl.O=C(CC1CCCCC1)NCCNC(=O)C1CNC1. The van der Waals surface area contributed by atoms with Crippen molar-refractivity contribution in [3.63, 3.8) is 0 Å². The number of amides is 2. The zero-order valence-electron chi connectivity index (χ0n) is 12.0. The first-order chi connectivity index (χ1) is 9.25. The molecule has 0 aromatic rings. The van der Waals surface area contributed by atoms with E-state index in [0.717, 1.165) is 13.1 Å². The summed E-state index contributed by atoms with van der Waals surface area (Å²) in [6.07, 6.45) is 6.89. The van der Waals surface area contributed by atoms with E-state index in [-0.39, 0.29) is 30.1 Å². The summed E-state index contributed by atoms with van der Waals surface area (Å²) in [5, 5.41) is 8.81. The van der Waals surface area contributed by atoms with E-state index in [2.05, 4.69) is 16.0 Å². The minimum Gasteiger partial charge on any atom is -0.354 e. The normalized spacial score (nSPS) is 19.6. The van der Waals surface area contributed by atoms with Gasteiger partial charge in [-0.2, -0.15) is 0 Å². The third kappa shape index (κ3) is 5.67. The van der Waals surface area contributed by atoms with Crippen LogP contribution in [-0.2, 0) is 9.59 Å². The fourth-order valence-electron chi connectivity index (χ4n) is 2.73. The van der Waals surface area contributed by atoms with Crippen molar-refractivity contribution < 1.29 is 9.59 Å². The van der Waals surface area contributed by atoms with Gasteiger partial charge in [-0.15, -0.1) is 12.4 Å². The Morgan fingerprint density at radius 3 is 2.25 bits per heavy atom. The highest BCUT2D eigenvalue weighted by atomic mass is 35.5. The van der Waals surface area contributed by atoms with Crippen molar-refractivity contribution in [2.75, 3.05) is 26.2 Å². The molecule has 0 bridgehead atoms. The summed E-state index contributed by atoms with van der Waals surface area (Å²) in [7, 11) is 0. The standard InChI is InChI=1S/C14H25N3O2.ClH/c18-13(8-11-4-2-1-3-5-11)16-6-7-17-14(19)12-9-15-10-12;/h11-12,15H,1-10H2,(H,16,18)(H,17,19);1H. The number of hydrogen-bond acceptors (Lipinski definition) is 3. The number of rotatable bonds is 6. The molecule has 0 atom stereocenters. The molecule has 2 amide bonds. The van der Waals surface area contributed by atoms with Crippen LogP contribution in [0.25, 0.3) is 0 Å². The average molecular weight is 304 g/mol. The van der Waals surface area contributed by atoms with Crippen LogP contribution in [0.3, 0.4) is 0 Å². The van der Waals surface area contributed by atoms with Crippen LogP contribution in [-0.4, -0.2) is 38.0 Å². The third-order valence-electron chi connectivity index (χ3n) is 4.10. The minimum atomic E-state index is 0. The fraction of sp³-hybridized carbons (Fsp3) is 0.857. The molecule has 0 radical (unpaired) electrons. The van der Waals surface area contributed by atoms with Gasteiger partial charge in [-0.25, -0.2) is 0 Å². The van der Waals surface area contributed by atoms with Gasteiger partial charge in [0.15, 0.2) is 0 Å². The molecule has 0 unspecified atom stereocenters. The molecule has 20 heavy (non-hydrogen) atoms. The summed E-state index contributed by atoms with van der Waals surface area (Å²) >= 11 is 0. The molecule has 2 aliphatic rings. The first kappa shape index (κ1) is 17.2. The topological polar surface area (TPSA) is 70.2 Å². The number of carbonyl (C=O) groups excluding carboxylic acids is 2. The lowest BCUT2D eigenvalue weighted by atomic mass is 9.87. The van der Waals surface area contributed by atoms with Gasteiger partial charge in [-0.05, 0) is 18.8 Å². The van der Waals surface area contributed by atoms with E-state index in [9.17, 15) is 9.59 Å². The van der Waals surface area contributed by atoms with Crippen LogP contribution >= 0.6 is 12.4 Å². The largest absolute Gasteiger partial charge is 0.354 e. The van der Waals surface area contributed by atoms with Crippen molar-refractivity contribution in [2.24, 2.45) is 11.8 Å². The summed E-state index contributed by atoms with van der Waals surface area (Å²) in [4.78, 5) is 23.2. The van der Waals surface area contributed by atoms with Crippen molar-refractivity contribution in [3.8, 4) is 0 Å². The number of hydrogen-bond donors (Lipinski definition) is 3. The van der Waals surface area contributed by atoms with Crippen molar-refractivity contribution in [2.45, 2.75) is 38.5 Å². The van der Waals surface area contributed by atoms with Gasteiger partial charge in [-0.1, -0.05) is 19.3 Å². The number of halogens is 1. The van der Waals surface area contributed by atoms with Crippen molar-refractivity contribution in [1.29, 1.82) is 0 Å². The Balaban J connectivity index is 0.00000200. The molecule has 1 saturated carbocycles. The second kappa shape index (κ2) is 9.19. The van der Waals surface area contributed by atoms with Gasteiger partial charge < -0.3 is 16.0 Å². The van der Waals surface area contributed by atoms with E-state index in [1.807, 2.05) is 0 Å². The van der Waals surface area contributed by atoms with E-state index in [0.29, 0.717) is 25.4 Å². The third-order valence-corrected chi connectivity index (χ3v) is 4.10. The smallest absolute Gasteiger partial charge is 0.225 e. The highest BCUT2D eigenvalue weighted by molar-refractivity contribution is 5.85. The summed E-state index contributed by atoms with van der Waals surface area (Å²) in [5.41, 5.74) is 0. The molecule has 0 spiro atoms. The maximum Gasteiger partial charge on any atom is 0.225 e. The Morgan fingerprint density at radius 2 is 1.65 bits per heavy atom. The van der Waals surface area contributed by atoms with Gasteiger partial charge in [0.25, 0.3) is 0 Å². The van der Waals surface area contributed by atoms with E-state index < -0.39 is 0 Å². The van der Waals surface area contributed by atoms with E-state index >= 15 is 0 Å². The zero-order chi connectivity index (χ0) is 13.5. The van der Waals surface area contributed by atoms with Crippen molar-refractivity contribution in [1.82, 2.24) is 16.0 Å². The van der Waals surface area contributed by atoms with Crippen LogP contribution in [0.1, 0.15) is 38.5 Å². The van der Waals surface area contributed by atoms with Crippen molar-refractivity contribution in [3.05, 3.63) is 0 Å². The molecule has 1 aliphatic heterocycles. The quantitative estimate of drug-likeness (QED) is 0.637. The van der Waals surface area contributed by atoms with E-state index in [1.165, 1.54) is 32.1 Å². The molecule has 5 nitrogen and oxygen atoms in total. The first-order valence-electron chi connectivity index (χ1n) is 7.51. The molecule has 1 aliphatic carbocycles. The van der Waals surface area contributed by atoms with Crippen LogP contribution < -0.4 is 16.0 Å². The van der Waals surface area contributed by atoms with Crippen LogP contribution in [0.15, 0.2) is 0 Å². The average Bonchev–Trinajstić information content (AvgIpc) is 2.34. The lowest BCUT2D eigenvalue weighted by molar-refractivity contribution is -0.127. The predicted molar refractivity (Wildman–Crippen MR) is 80.8 cm³/mol. The molecule has 3 N–H and O–H groups in total. The lowest BCUT2D eigenvalue weighted by Gasteiger charge is -2.25. The molecule has 0 aromatic heterocycles. The van der Waals surface area contributed by atoms with Gasteiger partial charge in [-0.3, -0.25) is 9.59 Å². The monoisotopic (exact) mass is 303 g/mol. The molecule has 6 heteroatoms. The molecule has 2 fully saturated rings. The fourth-order valence-corrected chi connectivity index (χ4v) is 2.73. The molecule has 0 aromatic carbocycles. The first-order valence-corrected chi connectivity index (χ1v) is 7.51. The van der Waals surface area contributed by atoms with E-state index in [1.54, 1.807) is 0 Å². The van der Waals surface area contributed by atoms with Crippen LogP contribution in [0.4, 0.5) is 0 Å². The molecular weight excluding hydrogens is 278 g/mol. The lowest BCUT2D eigenvalue weighted by Crippen LogP contribution is -2.51. The Labute approximate surface area is 127 Å². The summed E-state index contributed by atoms with van der Waals surface area (Å²) in [6, 6.07) is 0. The predicted octanol–water partition coefficient (Wildman–Crippen LogP) is 0.830. The maximum atomic E-state index is 11.7. The summed E-state index contributed by atoms with van der Waals surface area (Å²) in [5.74, 6) is 0.925. The van der Waals surface area contributed by atoms with Crippen molar-refractivity contribution >= 4 is 24.2 Å². The highest BCUT2D eigenvalue weighted by Crippen LogP contribution is 2.25. The number of carbonyl (C=O) groups is 2. The van der Waals surface area contributed by atoms with Gasteiger partial charge in [0, 0.05) is 32.6 Å². The molecular formula is C14H26ClN3O2. The summed E-state index contributed by atoms with van der Waals surface area (Å²) in [6.45, 7) is 2.63. The van der Waals surface area contributed by atoms with Gasteiger partial charge in [0.05, 0.1) is 5.92 Å².